The van der Waals surface area contributed by atoms with Gasteiger partial charge in [0.05, 0.1) is 0 Å². The van der Waals surface area contributed by atoms with Crippen LogP contribution >= 0.6 is 0 Å². The zero-order chi connectivity index (χ0) is 11.7. The van der Waals surface area contributed by atoms with E-state index in [0.717, 1.165) is 11.8 Å². The minimum absolute atomic E-state index is 0.731. The summed E-state index contributed by atoms with van der Waals surface area (Å²) in [4.78, 5) is 0. The molecule has 0 saturated carbocycles. The lowest BCUT2D eigenvalue weighted by atomic mass is 9.78. The summed E-state index contributed by atoms with van der Waals surface area (Å²) in [6, 6.07) is 8.94. The van der Waals surface area contributed by atoms with E-state index in [1.54, 1.807) is 16.7 Å². The largest absolute Gasteiger partial charge is 0.0811 e. The van der Waals surface area contributed by atoms with Gasteiger partial charge < -0.3 is 0 Å². The van der Waals surface area contributed by atoms with E-state index in [0.29, 0.717) is 0 Å². The maximum absolute atomic E-state index is 2.46. The molecule has 88 valence electrons. The summed E-state index contributed by atoms with van der Waals surface area (Å²) in [5.41, 5.74) is 4.71. The Bertz CT molecular complexity index is 465. The highest BCUT2D eigenvalue weighted by Crippen LogP contribution is 2.32. The van der Waals surface area contributed by atoms with Gasteiger partial charge in [-0.1, -0.05) is 49.4 Å². The molecule has 0 aromatic heterocycles. The Morgan fingerprint density at radius 1 is 1.12 bits per heavy atom. The van der Waals surface area contributed by atoms with Crippen molar-refractivity contribution in [1.82, 2.24) is 0 Å². The molecule has 0 N–H and O–H groups in total. The lowest BCUT2D eigenvalue weighted by Crippen LogP contribution is -2.16. The van der Waals surface area contributed by atoms with E-state index < -0.39 is 0 Å². The Morgan fingerprint density at radius 3 is 2.71 bits per heavy atom. The second-order valence-corrected chi connectivity index (χ2v) is 5.48. The number of aryl methyl sites for hydroxylation is 1. The first kappa shape index (κ1) is 10.8. The summed E-state index contributed by atoms with van der Waals surface area (Å²) in [5, 5.41) is 0. The lowest BCUT2D eigenvalue weighted by molar-refractivity contribution is 0.527. The molecule has 0 fully saturated rings. The van der Waals surface area contributed by atoms with Crippen LogP contribution in [-0.4, -0.2) is 0 Å². The third-order valence-corrected chi connectivity index (χ3v) is 4.16. The molecule has 2 aliphatic rings. The van der Waals surface area contributed by atoms with Gasteiger partial charge in [0.15, 0.2) is 0 Å². The van der Waals surface area contributed by atoms with Crippen molar-refractivity contribution in [1.29, 1.82) is 0 Å². The third-order valence-electron chi connectivity index (χ3n) is 4.16. The molecule has 0 aliphatic heterocycles. The highest BCUT2D eigenvalue weighted by atomic mass is 14.3. The van der Waals surface area contributed by atoms with Crippen LogP contribution in [0.2, 0.25) is 0 Å². The molecule has 0 heterocycles. The fraction of sp³-hybridized carbons (Fsp3) is 0.412. The van der Waals surface area contributed by atoms with Gasteiger partial charge in [0, 0.05) is 0 Å². The fourth-order valence-electron chi connectivity index (χ4n) is 3.03. The minimum atomic E-state index is 0.731. The van der Waals surface area contributed by atoms with Gasteiger partial charge in [0.2, 0.25) is 0 Å². The Labute approximate surface area is 104 Å². The maximum atomic E-state index is 2.46. The maximum Gasteiger partial charge on any atom is -0.0121 e. The summed E-state index contributed by atoms with van der Waals surface area (Å²) in [6.07, 6.45) is 12.2. The fourth-order valence-corrected chi connectivity index (χ4v) is 3.03. The molecule has 0 saturated heterocycles. The molecule has 2 unspecified atom stereocenters. The summed E-state index contributed by atoms with van der Waals surface area (Å²) in [7, 11) is 0. The van der Waals surface area contributed by atoms with Crippen LogP contribution in [0.3, 0.4) is 0 Å². The van der Waals surface area contributed by atoms with Crippen molar-refractivity contribution in [2.24, 2.45) is 11.8 Å². The van der Waals surface area contributed by atoms with E-state index in [9.17, 15) is 0 Å². The molecule has 3 rings (SSSR count). The average molecular weight is 224 g/mol. The summed E-state index contributed by atoms with van der Waals surface area (Å²) >= 11 is 0. The molecular formula is C17H20. The van der Waals surface area contributed by atoms with Crippen molar-refractivity contribution in [2.45, 2.75) is 32.6 Å². The van der Waals surface area contributed by atoms with E-state index in [-0.39, 0.29) is 0 Å². The zero-order valence-electron chi connectivity index (χ0n) is 10.5. The molecule has 0 radical (unpaired) electrons. The van der Waals surface area contributed by atoms with Crippen LogP contribution in [0.15, 0.2) is 48.1 Å². The summed E-state index contributed by atoms with van der Waals surface area (Å²) in [6.45, 7) is 2.29. The highest BCUT2D eigenvalue weighted by Gasteiger charge is 2.21. The first-order chi connectivity index (χ1) is 8.33. The van der Waals surface area contributed by atoms with Crippen molar-refractivity contribution in [2.75, 3.05) is 0 Å². The number of rotatable bonds is 1. The first-order valence-electron chi connectivity index (χ1n) is 6.78. The molecule has 0 bridgehead atoms. The Morgan fingerprint density at radius 2 is 1.94 bits per heavy atom. The van der Waals surface area contributed by atoms with Gasteiger partial charge >= 0.3 is 0 Å². The second kappa shape index (κ2) is 4.52. The van der Waals surface area contributed by atoms with Crippen LogP contribution in [0.4, 0.5) is 0 Å². The number of allylic oxidation sites excluding steroid dienone is 4. The normalized spacial score (nSPS) is 27.5. The lowest BCUT2D eigenvalue weighted by Gasteiger charge is -2.27. The highest BCUT2D eigenvalue weighted by molar-refractivity contribution is 5.35. The topological polar surface area (TPSA) is 0 Å². The molecule has 0 spiro atoms. The molecule has 2 atom stereocenters. The number of fused-ring (bicyclic) bond motifs is 1. The predicted octanol–water partition coefficient (Wildman–Crippen LogP) is 4.31. The van der Waals surface area contributed by atoms with Gasteiger partial charge in [-0.05, 0) is 54.2 Å². The molecule has 0 heteroatoms. The monoisotopic (exact) mass is 224 g/mol. The number of hydrogen-bond acceptors (Lipinski definition) is 0. The Kier molecular flexibility index (Phi) is 2.88. The first-order valence-corrected chi connectivity index (χ1v) is 6.78. The molecule has 17 heavy (non-hydrogen) atoms. The Hall–Kier alpha value is -1.30. The van der Waals surface area contributed by atoms with Crippen LogP contribution in [-0.2, 0) is 12.8 Å². The standard InChI is InChI=1S/C17H20/c1-13-6-8-15(9-7-13)17-11-10-14-4-2-3-5-16(14)12-17/h2-6,8-9,13,17H,7,10-12H2,1H3. The van der Waals surface area contributed by atoms with Gasteiger partial charge in [-0.15, -0.1) is 0 Å². The molecule has 1 aromatic rings. The van der Waals surface area contributed by atoms with E-state index >= 15 is 0 Å². The molecule has 2 aliphatic carbocycles. The van der Waals surface area contributed by atoms with Crippen molar-refractivity contribution in [3.63, 3.8) is 0 Å². The van der Waals surface area contributed by atoms with Gasteiger partial charge in [-0.2, -0.15) is 0 Å². The van der Waals surface area contributed by atoms with Crippen LogP contribution in [0.1, 0.15) is 30.9 Å². The predicted molar refractivity (Wildman–Crippen MR) is 73.0 cm³/mol. The van der Waals surface area contributed by atoms with E-state index in [1.165, 1.54) is 25.7 Å². The van der Waals surface area contributed by atoms with E-state index in [1.807, 2.05) is 0 Å². The number of hydrogen-bond donors (Lipinski definition) is 0. The second-order valence-electron chi connectivity index (χ2n) is 5.48. The summed E-state index contributed by atoms with van der Waals surface area (Å²) in [5.74, 6) is 1.49. The molecule has 1 aromatic carbocycles. The van der Waals surface area contributed by atoms with Gasteiger partial charge in [-0.3, -0.25) is 0 Å². The molecular weight excluding hydrogens is 204 g/mol. The zero-order valence-corrected chi connectivity index (χ0v) is 10.5. The van der Waals surface area contributed by atoms with Crippen LogP contribution in [0.5, 0.6) is 0 Å². The van der Waals surface area contributed by atoms with Crippen molar-refractivity contribution in [3.05, 3.63) is 59.2 Å². The van der Waals surface area contributed by atoms with Gasteiger partial charge in [0.25, 0.3) is 0 Å². The van der Waals surface area contributed by atoms with E-state index in [2.05, 4.69) is 49.4 Å². The third kappa shape index (κ3) is 2.22. The number of benzene rings is 1. The van der Waals surface area contributed by atoms with Crippen LogP contribution in [0, 0.1) is 11.8 Å². The minimum Gasteiger partial charge on any atom is -0.0811 e. The van der Waals surface area contributed by atoms with E-state index in [4.69, 9.17) is 0 Å². The average Bonchev–Trinajstić information content (AvgIpc) is 2.39. The quantitative estimate of drug-likeness (QED) is 0.666. The Balaban J connectivity index is 1.79. The molecule has 0 nitrogen and oxygen atoms in total. The molecule has 0 amide bonds. The smallest absolute Gasteiger partial charge is 0.0121 e. The van der Waals surface area contributed by atoms with Crippen molar-refractivity contribution in [3.8, 4) is 0 Å². The van der Waals surface area contributed by atoms with Gasteiger partial charge in [0.1, 0.15) is 0 Å². The summed E-state index contributed by atoms with van der Waals surface area (Å²) < 4.78 is 0. The van der Waals surface area contributed by atoms with Crippen LogP contribution in [0.25, 0.3) is 0 Å². The van der Waals surface area contributed by atoms with Gasteiger partial charge in [-0.25, -0.2) is 0 Å². The van der Waals surface area contributed by atoms with Crippen molar-refractivity contribution >= 4 is 0 Å². The van der Waals surface area contributed by atoms with Crippen molar-refractivity contribution < 1.29 is 0 Å². The van der Waals surface area contributed by atoms with Crippen LogP contribution < -0.4 is 0 Å². The SMILES string of the molecule is CC1C=CC(C2CCc3ccccc3C2)=CC1.